The van der Waals surface area contributed by atoms with Crippen LogP contribution in [-0.2, 0) is 13.1 Å². The Morgan fingerprint density at radius 3 is 2.33 bits per heavy atom. The van der Waals surface area contributed by atoms with Crippen molar-refractivity contribution in [2.24, 2.45) is 0 Å². The maximum atomic E-state index is 3.46. The van der Waals surface area contributed by atoms with Gasteiger partial charge in [0.15, 0.2) is 0 Å². The molecule has 0 amide bonds. The Kier molecular flexibility index (Phi) is 6.41. The van der Waals surface area contributed by atoms with Crippen LogP contribution < -0.4 is 5.32 Å². The first-order chi connectivity index (χ1) is 8.25. The van der Waals surface area contributed by atoms with Crippen LogP contribution in [0.1, 0.15) is 35.8 Å². The lowest BCUT2D eigenvalue weighted by Crippen LogP contribution is -2.11. The van der Waals surface area contributed by atoms with Crippen LogP contribution >= 0.6 is 23.7 Å². The van der Waals surface area contributed by atoms with Crippen molar-refractivity contribution in [3.05, 3.63) is 57.8 Å². The van der Waals surface area contributed by atoms with Crippen molar-refractivity contribution in [1.82, 2.24) is 5.32 Å². The van der Waals surface area contributed by atoms with E-state index in [1.54, 1.807) is 11.3 Å². The second kappa shape index (κ2) is 7.57. The summed E-state index contributed by atoms with van der Waals surface area (Å²) in [5, 5.41) is 5.58. The van der Waals surface area contributed by atoms with E-state index in [1.807, 2.05) is 0 Å². The number of hydrogen-bond acceptors (Lipinski definition) is 2. The Morgan fingerprint density at radius 1 is 1.06 bits per heavy atom. The van der Waals surface area contributed by atoms with E-state index in [2.05, 4.69) is 60.9 Å². The van der Waals surface area contributed by atoms with Gasteiger partial charge in [0.1, 0.15) is 0 Å². The van der Waals surface area contributed by atoms with Gasteiger partial charge in [0.25, 0.3) is 0 Å². The number of hydrogen-bond donors (Lipinski definition) is 1. The summed E-state index contributed by atoms with van der Waals surface area (Å²) in [7, 11) is 0. The first-order valence-corrected chi connectivity index (χ1v) is 6.95. The van der Waals surface area contributed by atoms with Gasteiger partial charge in [-0.15, -0.1) is 23.7 Å². The number of halogens is 1. The lowest BCUT2D eigenvalue weighted by Gasteiger charge is -2.07. The van der Waals surface area contributed by atoms with Crippen LogP contribution in [0, 0.1) is 0 Å². The number of nitrogens with one attached hydrogen (secondary N) is 1. The molecule has 3 heteroatoms. The molecule has 2 aromatic rings. The van der Waals surface area contributed by atoms with Crippen molar-refractivity contribution in [3.8, 4) is 0 Å². The minimum absolute atomic E-state index is 0. The summed E-state index contributed by atoms with van der Waals surface area (Å²) >= 11 is 1.80. The molecule has 0 unspecified atom stereocenters. The number of benzene rings is 1. The van der Waals surface area contributed by atoms with Crippen LogP contribution in [0.15, 0.2) is 41.8 Å². The molecule has 0 fully saturated rings. The molecule has 0 aliphatic heterocycles. The average Bonchev–Trinajstić information content (AvgIpc) is 2.83. The molecule has 0 aliphatic rings. The molecule has 1 nitrogen and oxygen atoms in total. The first kappa shape index (κ1) is 15.2. The molecule has 98 valence electrons. The maximum absolute atomic E-state index is 3.46. The Bertz CT molecular complexity index is 434. The van der Waals surface area contributed by atoms with Crippen LogP contribution in [0.3, 0.4) is 0 Å². The van der Waals surface area contributed by atoms with Crippen molar-refractivity contribution in [2.75, 3.05) is 0 Å². The summed E-state index contributed by atoms with van der Waals surface area (Å²) in [4.78, 5) is 1.39. The summed E-state index contributed by atoms with van der Waals surface area (Å²) in [5.41, 5.74) is 2.76. The van der Waals surface area contributed by atoms with Gasteiger partial charge in [-0.05, 0) is 28.5 Å². The Hall–Kier alpha value is -0.830. The van der Waals surface area contributed by atoms with Crippen LogP contribution in [0.4, 0.5) is 0 Å². The van der Waals surface area contributed by atoms with Gasteiger partial charge in [-0.2, -0.15) is 0 Å². The molecule has 1 N–H and O–H groups in total. The highest BCUT2D eigenvalue weighted by Gasteiger charge is 1.99. The smallest absolute Gasteiger partial charge is 0.0302 e. The summed E-state index contributed by atoms with van der Waals surface area (Å²) < 4.78 is 0. The summed E-state index contributed by atoms with van der Waals surface area (Å²) in [5.74, 6) is 0.614. The number of rotatable bonds is 5. The molecule has 0 radical (unpaired) electrons. The SMILES string of the molecule is CC(C)c1ccc(CNCc2cccs2)cc1.Cl. The Labute approximate surface area is 120 Å². The van der Waals surface area contributed by atoms with Crippen LogP contribution in [-0.4, -0.2) is 0 Å². The maximum Gasteiger partial charge on any atom is 0.0302 e. The third kappa shape index (κ3) is 4.45. The van der Waals surface area contributed by atoms with Gasteiger partial charge in [0.05, 0.1) is 0 Å². The molecule has 1 aromatic heterocycles. The first-order valence-electron chi connectivity index (χ1n) is 6.07. The lowest BCUT2D eigenvalue weighted by molar-refractivity contribution is 0.700. The molecular formula is C15H20ClNS. The van der Waals surface area contributed by atoms with E-state index >= 15 is 0 Å². The molecule has 0 atom stereocenters. The quantitative estimate of drug-likeness (QED) is 0.846. The summed E-state index contributed by atoms with van der Waals surface area (Å²) in [6.45, 7) is 6.36. The van der Waals surface area contributed by atoms with E-state index in [0.717, 1.165) is 13.1 Å². The van der Waals surface area contributed by atoms with Crippen molar-refractivity contribution < 1.29 is 0 Å². The molecule has 0 spiro atoms. The molecule has 0 saturated heterocycles. The van der Waals surface area contributed by atoms with Crippen molar-refractivity contribution in [3.63, 3.8) is 0 Å². The van der Waals surface area contributed by atoms with Crippen molar-refractivity contribution in [1.29, 1.82) is 0 Å². The highest BCUT2D eigenvalue weighted by atomic mass is 35.5. The van der Waals surface area contributed by atoms with Gasteiger partial charge < -0.3 is 5.32 Å². The standard InChI is InChI=1S/C15H19NS.ClH/c1-12(2)14-7-5-13(6-8-14)10-16-11-15-4-3-9-17-15;/h3-9,12,16H,10-11H2,1-2H3;1H. The second-order valence-corrected chi connectivity index (χ2v) is 5.61. The fourth-order valence-electron chi connectivity index (χ4n) is 1.76. The molecule has 2 rings (SSSR count). The van der Waals surface area contributed by atoms with Crippen molar-refractivity contribution >= 4 is 23.7 Å². The van der Waals surface area contributed by atoms with E-state index < -0.39 is 0 Å². The minimum atomic E-state index is 0. The highest BCUT2D eigenvalue weighted by Crippen LogP contribution is 2.14. The predicted octanol–water partition coefficient (Wildman–Crippen LogP) is 4.58. The van der Waals surface area contributed by atoms with Crippen LogP contribution in [0.2, 0.25) is 0 Å². The molecular weight excluding hydrogens is 262 g/mol. The lowest BCUT2D eigenvalue weighted by atomic mass is 10.0. The predicted molar refractivity (Wildman–Crippen MR) is 82.6 cm³/mol. The van der Waals surface area contributed by atoms with Gasteiger partial charge >= 0.3 is 0 Å². The van der Waals surface area contributed by atoms with Crippen LogP contribution in [0.5, 0.6) is 0 Å². The monoisotopic (exact) mass is 281 g/mol. The number of thiophene rings is 1. The van der Waals surface area contributed by atoms with E-state index in [4.69, 9.17) is 0 Å². The zero-order valence-corrected chi connectivity index (χ0v) is 12.5. The molecule has 1 aromatic carbocycles. The van der Waals surface area contributed by atoms with E-state index in [9.17, 15) is 0 Å². The zero-order valence-electron chi connectivity index (χ0n) is 10.8. The molecule has 1 heterocycles. The molecule has 0 bridgehead atoms. The molecule has 18 heavy (non-hydrogen) atoms. The Balaban J connectivity index is 0.00000162. The third-order valence-electron chi connectivity index (χ3n) is 2.85. The molecule has 0 aliphatic carbocycles. The van der Waals surface area contributed by atoms with Crippen LogP contribution in [0.25, 0.3) is 0 Å². The average molecular weight is 282 g/mol. The van der Waals surface area contributed by atoms with Gasteiger partial charge in [-0.1, -0.05) is 44.2 Å². The fraction of sp³-hybridized carbons (Fsp3) is 0.333. The second-order valence-electron chi connectivity index (χ2n) is 4.58. The largest absolute Gasteiger partial charge is 0.308 e. The third-order valence-corrected chi connectivity index (χ3v) is 3.73. The van der Waals surface area contributed by atoms with E-state index in [0.29, 0.717) is 5.92 Å². The van der Waals surface area contributed by atoms with Crippen molar-refractivity contribution in [2.45, 2.75) is 32.9 Å². The van der Waals surface area contributed by atoms with E-state index in [1.165, 1.54) is 16.0 Å². The highest BCUT2D eigenvalue weighted by molar-refractivity contribution is 7.09. The fourth-order valence-corrected chi connectivity index (χ4v) is 2.44. The molecule has 0 saturated carbocycles. The normalized spacial score (nSPS) is 10.4. The zero-order chi connectivity index (χ0) is 12.1. The van der Waals surface area contributed by atoms with Gasteiger partial charge in [-0.25, -0.2) is 0 Å². The summed E-state index contributed by atoms with van der Waals surface area (Å²) in [6, 6.07) is 13.2. The van der Waals surface area contributed by atoms with Gasteiger partial charge in [0, 0.05) is 18.0 Å². The van der Waals surface area contributed by atoms with Gasteiger partial charge in [-0.3, -0.25) is 0 Å². The van der Waals surface area contributed by atoms with E-state index in [-0.39, 0.29) is 12.4 Å². The Morgan fingerprint density at radius 2 is 1.78 bits per heavy atom. The van der Waals surface area contributed by atoms with Gasteiger partial charge in [0.2, 0.25) is 0 Å². The summed E-state index contributed by atoms with van der Waals surface area (Å²) in [6.07, 6.45) is 0. The topological polar surface area (TPSA) is 12.0 Å². The minimum Gasteiger partial charge on any atom is -0.308 e.